The molecule has 3 aliphatic rings. The molecule has 0 spiro atoms. The second kappa shape index (κ2) is 6.58. The van der Waals surface area contributed by atoms with Crippen LogP contribution in [-0.4, -0.2) is 12.6 Å². The Morgan fingerprint density at radius 1 is 0.952 bits per heavy atom. The first-order chi connectivity index (χ1) is 9.93. The van der Waals surface area contributed by atoms with Gasteiger partial charge in [0.2, 0.25) is 0 Å². The molecule has 116 valence electrons. The molecule has 2 heterocycles. The van der Waals surface area contributed by atoms with Crippen LogP contribution in [0.5, 0.6) is 0 Å². The molecule has 0 amide bonds. The molecule has 1 saturated heterocycles. The molecule has 1 saturated carbocycles. The van der Waals surface area contributed by atoms with E-state index in [1.807, 2.05) is 0 Å². The van der Waals surface area contributed by atoms with E-state index in [0.717, 1.165) is 12.5 Å². The molecule has 3 heteroatoms. The van der Waals surface area contributed by atoms with Gasteiger partial charge in [-0.15, -0.1) is 12.4 Å². The van der Waals surface area contributed by atoms with Crippen LogP contribution in [0.15, 0.2) is 24.3 Å². The van der Waals surface area contributed by atoms with E-state index in [1.165, 1.54) is 56.2 Å². The zero-order chi connectivity index (χ0) is 13.4. The van der Waals surface area contributed by atoms with Gasteiger partial charge in [0.1, 0.15) is 0 Å². The summed E-state index contributed by atoms with van der Waals surface area (Å²) in [5, 5.41) is 3.89. The zero-order valence-corrected chi connectivity index (χ0v) is 13.4. The standard InChI is InChI=1S/C18H25NO.ClH/c1-2-7-13(8-3-1)17-15-10-6-12-20-18(15)14-9-4-5-11-16(14)19-17;/h4-5,9,11,13,15,17-19H,1-3,6-8,10,12H2;1H. The topological polar surface area (TPSA) is 21.3 Å². The van der Waals surface area contributed by atoms with E-state index in [2.05, 4.69) is 29.6 Å². The molecule has 3 atom stereocenters. The second-order valence-corrected chi connectivity index (χ2v) is 6.75. The summed E-state index contributed by atoms with van der Waals surface area (Å²) in [7, 11) is 0. The highest BCUT2D eigenvalue weighted by Gasteiger charge is 2.42. The summed E-state index contributed by atoms with van der Waals surface area (Å²) in [5.41, 5.74) is 2.72. The Hall–Kier alpha value is -0.730. The van der Waals surface area contributed by atoms with Crippen molar-refractivity contribution in [1.29, 1.82) is 0 Å². The number of hydrogen-bond acceptors (Lipinski definition) is 2. The molecule has 2 nitrogen and oxygen atoms in total. The lowest BCUT2D eigenvalue weighted by atomic mass is 9.71. The van der Waals surface area contributed by atoms with E-state index in [9.17, 15) is 0 Å². The number of para-hydroxylation sites is 1. The Morgan fingerprint density at radius 3 is 2.62 bits per heavy atom. The molecule has 0 radical (unpaired) electrons. The van der Waals surface area contributed by atoms with Gasteiger partial charge >= 0.3 is 0 Å². The number of anilines is 1. The van der Waals surface area contributed by atoms with E-state index < -0.39 is 0 Å². The first-order valence-electron chi connectivity index (χ1n) is 8.40. The normalized spacial score (nSPS) is 32.3. The van der Waals surface area contributed by atoms with Crippen molar-refractivity contribution >= 4 is 18.1 Å². The fraction of sp³-hybridized carbons (Fsp3) is 0.667. The lowest BCUT2D eigenvalue weighted by molar-refractivity contribution is -0.0458. The summed E-state index contributed by atoms with van der Waals surface area (Å²) >= 11 is 0. The van der Waals surface area contributed by atoms with Gasteiger partial charge in [-0.2, -0.15) is 0 Å². The second-order valence-electron chi connectivity index (χ2n) is 6.75. The van der Waals surface area contributed by atoms with Gasteiger partial charge in [-0.25, -0.2) is 0 Å². The summed E-state index contributed by atoms with van der Waals surface area (Å²) < 4.78 is 6.19. The van der Waals surface area contributed by atoms with Crippen LogP contribution >= 0.6 is 12.4 Å². The fourth-order valence-corrected chi connectivity index (χ4v) is 4.62. The SMILES string of the molecule is Cl.c1ccc2c(c1)NC(C1CCCCC1)C1CCCOC21. The average molecular weight is 308 g/mol. The van der Waals surface area contributed by atoms with Gasteiger partial charge in [-0.3, -0.25) is 0 Å². The maximum absolute atomic E-state index is 6.19. The lowest BCUT2D eigenvalue weighted by Gasteiger charge is -2.47. The zero-order valence-electron chi connectivity index (χ0n) is 12.6. The van der Waals surface area contributed by atoms with Gasteiger partial charge in [0, 0.05) is 29.8 Å². The highest BCUT2D eigenvalue weighted by Crippen LogP contribution is 2.47. The maximum atomic E-state index is 6.19. The predicted molar refractivity (Wildman–Crippen MR) is 89.1 cm³/mol. The van der Waals surface area contributed by atoms with Crippen molar-refractivity contribution in [3.8, 4) is 0 Å². The third-order valence-corrected chi connectivity index (χ3v) is 5.58. The van der Waals surface area contributed by atoms with Crippen LogP contribution in [0, 0.1) is 11.8 Å². The smallest absolute Gasteiger partial charge is 0.0892 e. The molecule has 2 fully saturated rings. The van der Waals surface area contributed by atoms with Gasteiger partial charge in [0.25, 0.3) is 0 Å². The summed E-state index contributed by atoms with van der Waals surface area (Å²) in [6, 6.07) is 9.42. The molecular formula is C18H26ClNO. The highest BCUT2D eigenvalue weighted by atomic mass is 35.5. The molecule has 0 aromatic heterocycles. The van der Waals surface area contributed by atoms with Crippen LogP contribution in [0.1, 0.15) is 56.6 Å². The minimum atomic E-state index is 0. The van der Waals surface area contributed by atoms with Crippen LogP contribution in [-0.2, 0) is 4.74 Å². The molecule has 3 unspecified atom stereocenters. The highest BCUT2D eigenvalue weighted by molar-refractivity contribution is 5.85. The first kappa shape index (κ1) is 15.2. The number of hydrogen-bond donors (Lipinski definition) is 1. The molecule has 1 aromatic carbocycles. The fourth-order valence-electron chi connectivity index (χ4n) is 4.62. The van der Waals surface area contributed by atoms with Crippen LogP contribution in [0.25, 0.3) is 0 Å². The summed E-state index contributed by atoms with van der Waals surface area (Å²) in [6.45, 7) is 0.937. The Kier molecular flexibility index (Phi) is 4.75. The summed E-state index contributed by atoms with van der Waals surface area (Å²) in [4.78, 5) is 0. The molecular weight excluding hydrogens is 282 g/mol. The van der Waals surface area contributed by atoms with Crippen LogP contribution in [0.3, 0.4) is 0 Å². The molecule has 2 aliphatic heterocycles. The number of halogens is 1. The Balaban J connectivity index is 0.00000132. The number of ether oxygens (including phenoxy) is 1. The largest absolute Gasteiger partial charge is 0.381 e. The maximum Gasteiger partial charge on any atom is 0.0892 e. The molecule has 0 bridgehead atoms. The lowest BCUT2D eigenvalue weighted by Crippen LogP contribution is -2.46. The van der Waals surface area contributed by atoms with E-state index in [0.29, 0.717) is 18.1 Å². The van der Waals surface area contributed by atoms with Crippen molar-refractivity contribution in [2.45, 2.75) is 57.1 Å². The van der Waals surface area contributed by atoms with Crippen molar-refractivity contribution in [1.82, 2.24) is 0 Å². The van der Waals surface area contributed by atoms with Gasteiger partial charge in [0.15, 0.2) is 0 Å². The van der Waals surface area contributed by atoms with E-state index in [4.69, 9.17) is 4.74 Å². The average Bonchev–Trinajstić information content (AvgIpc) is 2.55. The van der Waals surface area contributed by atoms with E-state index >= 15 is 0 Å². The van der Waals surface area contributed by atoms with Gasteiger partial charge < -0.3 is 10.1 Å². The minimum absolute atomic E-state index is 0. The van der Waals surface area contributed by atoms with E-state index in [1.54, 1.807) is 0 Å². The number of rotatable bonds is 1. The monoisotopic (exact) mass is 307 g/mol. The Morgan fingerprint density at radius 2 is 1.76 bits per heavy atom. The van der Waals surface area contributed by atoms with Crippen molar-refractivity contribution in [3.63, 3.8) is 0 Å². The third-order valence-electron chi connectivity index (χ3n) is 5.58. The van der Waals surface area contributed by atoms with Crippen molar-refractivity contribution in [3.05, 3.63) is 29.8 Å². The van der Waals surface area contributed by atoms with Crippen molar-refractivity contribution in [2.75, 3.05) is 11.9 Å². The van der Waals surface area contributed by atoms with E-state index in [-0.39, 0.29) is 12.4 Å². The molecule has 1 aromatic rings. The molecule has 1 N–H and O–H groups in total. The molecule has 1 aliphatic carbocycles. The quantitative estimate of drug-likeness (QED) is 0.792. The predicted octanol–water partition coefficient (Wildman–Crippen LogP) is 4.95. The summed E-state index contributed by atoms with van der Waals surface area (Å²) in [6.07, 6.45) is 9.98. The first-order valence-corrected chi connectivity index (χ1v) is 8.40. The van der Waals surface area contributed by atoms with Gasteiger partial charge in [-0.05, 0) is 37.7 Å². The van der Waals surface area contributed by atoms with Crippen LogP contribution in [0.4, 0.5) is 5.69 Å². The number of benzene rings is 1. The molecule has 21 heavy (non-hydrogen) atoms. The number of fused-ring (bicyclic) bond motifs is 3. The number of nitrogens with one attached hydrogen (secondary N) is 1. The minimum Gasteiger partial charge on any atom is -0.381 e. The summed E-state index contributed by atoms with van der Waals surface area (Å²) in [5.74, 6) is 1.54. The van der Waals surface area contributed by atoms with Gasteiger partial charge in [0.05, 0.1) is 6.10 Å². The van der Waals surface area contributed by atoms with Crippen LogP contribution in [0.2, 0.25) is 0 Å². The Bertz CT molecular complexity index is 472. The van der Waals surface area contributed by atoms with Crippen molar-refractivity contribution in [2.24, 2.45) is 11.8 Å². The third kappa shape index (κ3) is 2.80. The Labute approximate surface area is 134 Å². The molecule has 4 rings (SSSR count). The van der Waals surface area contributed by atoms with Crippen LogP contribution < -0.4 is 5.32 Å². The van der Waals surface area contributed by atoms with Gasteiger partial charge in [-0.1, -0.05) is 37.5 Å². The van der Waals surface area contributed by atoms with Crippen molar-refractivity contribution < 1.29 is 4.74 Å².